The fourth-order valence-electron chi connectivity index (χ4n) is 3.93. The molecule has 0 aliphatic carbocycles. The summed E-state index contributed by atoms with van der Waals surface area (Å²) in [7, 11) is 0. The summed E-state index contributed by atoms with van der Waals surface area (Å²) in [5.41, 5.74) is 8.62. The number of carbonyl (C=O) groups is 2. The van der Waals surface area contributed by atoms with Gasteiger partial charge < -0.3 is 15.8 Å². The minimum atomic E-state index is -0.576. The Hall–Kier alpha value is -3.49. The molecule has 2 heterocycles. The lowest BCUT2D eigenvalue weighted by atomic mass is 10.1. The second-order valence-electron chi connectivity index (χ2n) is 8.16. The number of aromatic nitrogens is 2. The van der Waals surface area contributed by atoms with Gasteiger partial charge in [0.25, 0.3) is 11.8 Å². The monoisotopic (exact) mass is 433 g/mol. The molecule has 1 saturated heterocycles. The predicted octanol–water partition coefficient (Wildman–Crippen LogP) is 2.83. The van der Waals surface area contributed by atoms with Crippen molar-refractivity contribution in [1.29, 1.82) is 0 Å². The van der Waals surface area contributed by atoms with Gasteiger partial charge in [0.05, 0.1) is 17.9 Å². The van der Waals surface area contributed by atoms with E-state index in [1.54, 1.807) is 41.2 Å². The molecule has 32 heavy (non-hydrogen) atoms. The lowest BCUT2D eigenvalue weighted by molar-refractivity contribution is -0.0704. The number of anilines is 1. The zero-order valence-electron chi connectivity index (χ0n) is 18.2. The Morgan fingerprint density at radius 2 is 1.69 bits per heavy atom. The average molecular weight is 434 g/mol. The Morgan fingerprint density at radius 1 is 1.03 bits per heavy atom. The van der Waals surface area contributed by atoms with Crippen LogP contribution in [-0.2, 0) is 11.3 Å². The summed E-state index contributed by atoms with van der Waals surface area (Å²) < 4.78 is 7.34. The minimum Gasteiger partial charge on any atom is -0.373 e. The van der Waals surface area contributed by atoms with E-state index >= 15 is 0 Å². The highest BCUT2D eigenvalue weighted by atomic mass is 16.5. The predicted molar refractivity (Wildman–Crippen MR) is 122 cm³/mol. The molecular formula is C24H27N5O3. The van der Waals surface area contributed by atoms with Crippen molar-refractivity contribution in [3.05, 3.63) is 77.6 Å². The maximum atomic E-state index is 12.6. The number of amides is 2. The molecule has 2 amide bonds. The Bertz CT molecular complexity index is 1080. The van der Waals surface area contributed by atoms with Gasteiger partial charge in [0.1, 0.15) is 5.69 Å². The topological polar surface area (TPSA) is 102 Å². The van der Waals surface area contributed by atoms with Crippen LogP contribution >= 0.6 is 0 Å². The summed E-state index contributed by atoms with van der Waals surface area (Å²) in [5.74, 6) is -0.749. The van der Waals surface area contributed by atoms with Crippen LogP contribution in [0, 0.1) is 0 Å². The van der Waals surface area contributed by atoms with Crippen LogP contribution in [0.3, 0.4) is 0 Å². The molecule has 8 nitrogen and oxygen atoms in total. The molecule has 2 aromatic carbocycles. The molecule has 166 valence electrons. The first-order valence-electron chi connectivity index (χ1n) is 10.6. The highest BCUT2D eigenvalue weighted by Gasteiger charge is 2.22. The van der Waals surface area contributed by atoms with Crippen molar-refractivity contribution in [3.63, 3.8) is 0 Å². The van der Waals surface area contributed by atoms with Gasteiger partial charge in [0, 0.05) is 37.1 Å². The van der Waals surface area contributed by atoms with Gasteiger partial charge in [0.15, 0.2) is 0 Å². The Balaban J connectivity index is 1.35. The van der Waals surface area contributed by atoms with Crippen molar-refractivity contribution >= 4 is 17.5 Å². The highest BCUT2D eigenvalue weighted by Crippen LogP contribution is 2.17. The van der Waals surface area contributed by atoms with E-state index in [0.29, 0.717) is 11.3 Å². The molecule has 0 spiro atoms. The first kappa shape index (κ1) is 21.7. The number of carbonyl (C=O) groups excluding carboxylic acids is 2. The standard InChI is InChI=1S/C24H27N5O3/c1-16-13-28(14-17(2)32-16)15-18-3-5-19(6-4-18)24(31)26-20-7-9-21(10-8-20)29-12-11-22(27-29)23(25)30/h3-12,16-17H,13-15H2,1-2H3,(H2,25,30)(H,26,31). The minimum absolute atomic E-state index is 0.173. The number of hydrogen-bond acceptors (Lipinski definition) is 5. The van der Waals surface area contributed by atoms with Gasteiger partial charge in [-0.25, -0.2) is 4.68 Å². The molecule has 1 aliphatic rings. The average Bonchev–Trinajstić information content (AvgIpc) is 3.25. The zero-order chi connectivity index (χ0) is 22.7. The Labute approximate surface area is 187 Å². The number of primary amides is 1. The van der Waals surface area contributed by atoms with Gasteiger partial charge in [-0.05, 0) is 61.9 Å². The van der Waals surface area contributed by atoms with Gasteiger partial charge in [0.2, 0.25) is 0 Å². The third kappa shape index (κ3) is 5.22. The maximum absolute atomic E-state index is 12.6. The van der Waals surface area contributed by atoms with Gasteiger partial charge in [-0.2, -0.15) is 5.10 Å². The lowest BCUT2D eigenvalue weighted by Gasteiger charge is -2.35. The van der Waals surface area contributed by atoms with Gasteiger partial charge in [-0.1, -0.05) is 12.1 Å². The van der Waals surface area contributed by atoms with E-state index < -0.39 is 5.91 Å². The van der Waals surface area contributed by atoms with Crippen LogP contribution in [0.2, 0.25) is 0 Å². The second kappa shape index (κ2) is 9.33. The lowest BCUT2D eigenvalue weighted by Crippen LogP contribution is -2.44. The van der Waals surface area contributed by atoms with E-state index in [0.717, 1.165) is 25.3 Å². The van der Waals surface area contributed by atoms with Crippen molar-refractivity contribution in [2.75, 3.05) is 18.4 Å². The molecule has 3 aromatic rings. The van der Waals surface area contributed by atoms with Crippen molar-refractivity contribution in [2.24, 2.45) is 5.73 Å². The van der Waals surface area contributed by atoms with Crippen LogP contribution in [0.15, 0.2) is 60.8 Å². The van der Waals surface area contributed by atoms with Crippen molar-refractivity contribution < 1.29 is 14.3 Å². The molecule has 0 saturated carbocycles. The van der Waals surface area contributed by atoms with E-state index in [2.05, 4.69) is 29.2 Å². The molecule has 1 aliphatic heterocycles. The fraction of sp³-hybridized carbons (Fsp3) is 0.292. The molecule has 1 aromatic heterocycles. The number of benzene rings is 2. The van der Waals surface area contributed by atoms with Crippen molar-refractivity contribution in [1.82, 2.24) is 14.7 Å². The largest absolute Gasteiger partial charge is 0.373 e. The third-order valence-corrected chi connectivity index (χ3v) is 5.35. The van der Waals surface area contributed by atoms with Gasteiger partial charge in [-0.3, -0.25) is 14.5 Å². The quantitative estimate of drug-likeness (QED) is 0.622. The summed E-state index contributed by atoms with van der Waals surface area (Å²) in [6.07, 6.45) is 2.12. The molecule has 0 radical (unpaired) electrons. The van der Waals surface area contributed by atoms with Crippen molar-refractivity contribution in [3.8, 4) is 5.69 Å². The molecule has 0 bridgehead atoms. The first-order valence-corrected chi connectivity index (χ1v) is 10.6. The molecule has 8 heteroatoms. The number of nitrogens with two attached hydrogens (primary N) is 1. The molecule has 2 unspecified atom stereocenters. The van der Waals surface area contributed by atoms with Gasteiger partial charge >= 0.3 is 0 Å². The SMILES string of the molecule is CC1CN(Cc2ccc(C(=O)Nc3ccc(-n4ccc(C(N)=O)n4)cc3)cc2)CC(C)O1. The summed E-state index contributed by atoms with van der Waals surface area (Å²) in [5, 5.41) is 7.02. The van der Waals surface area contributed by atoms with Crippen molar-refractivity contribution in [2.45, 2.75) is 32.6 Å². The van der Waals surface area contributed by atoms with E-state index in [4.69, 9.17) is 10.5 Å². The fourth-order valence-corrected chi connectivity index (χ4v) is 3.93. The van der Waals surface area contributed by atoms with Crippen LogP contribution in [0.1, 0.15) is 40.3 Å². The number of hydrogen-bond donors (Lipinski definition) is 2. The van der Waals surface area contributed by atoms with E-state index in [-0.39, 0.29) is 23.8 Å². The van der Waals surface area contributed by atoms with Crippen LogP contribution in [0.5, 0.6) is 0 Å². The molecule has 4 rings (SSSR count). The number of ether oxygens (including phenoxy) is 1. The maximum Gasteiger partial charge on any atom is 0.269 e. The Morgan fingerprint density at radius 3 is 2.28 bits per heavy atom. The molecule has 2 atom stereocenters. The van der Waals surface area contributed by atoms with E-state index in [9.17, 15) is 9.59 Å². The van der Waals surface area contributed by atoms with Crippen LogP contribution in [0.4, 0.5) is 5.69 Å². The zero-order valence-corrected chi connectivity index (χ0v) is 18.2. The number of morpholine rings is 1. The Kier molecular flexibility index (Phi) is 6.34. The van der Waals surface area contributed by atoms with E-state index in [1.165, 1.54) is 5.56 Å². The normalized spacial score (nSPS) is 18.9. The van der Waals surface area contributed by atoms with E-state index in [1.807, 2.05) is 24.3 Å². The first-order chi connectivity index (χ1) is 15.4. The highest BCUT2D eigenvalue weighted by molar-refractivity contribution is 6.04. The number of nitrogens with zero attached hydrogens (tertiary/aromatic N) is 3. The number of rotatable bonds is 6. The van der Waals surface area contributed by atoms with Gasteiger partial charge in [-0.15, -0.1) is 0 Å². The van der Waals surface area contributed by atoms with Crippen LogP contribution in [-0.4, -0.2) is 51.8 Å². The van der Waals surface area contributed by atoms with Crippen LogP contribution in [0.25, 0.3) is 5.69 Å². The van der Waals surface area contributed by atoms with Crippen LogP contribution < -0.4 is 11.1 Å². The molecular weight excluding hydrogens is 406 g/mol. The molecule has 1 fully saturated rings. The summed E-state index contributed by atoms with van der Waals surface area (Å²) >= 11 is 0. The summed E-state index contributed by atoms with van der Waals surface area (Å²) in [4.78, 5) is 26.2. The second-order valence-corrected chi connectivity index (χ2v) is 8.16. The third-order valence-electron chi connectivity index (χ3n) is 5.35. The summed E-state index contributed by atoms with van der Waals surface area (Å²) in [6.45, 7) is 6.84. The summed E-state index contributed by atoms with van der Waals surface area (Å²) in [6, 6.07) is 16.4. The molecule has 3 N–H and O–H groups in total. The smallest absolute Gasteiger partial charge is 0.269 e. The number of nitrogens with one attached hydrogen (secondary N) is 1.